The van der Waals surface area contributed by atoms with E-state index in [1.165, 1.54) is 0 Å². The number of carbonyl (C=O) groups excluding carboxylic acids is 1. The number of hydrogen-bond acceptors (Lipinski definition) is 5. The van der Waals surface area contributed by atoms with E-state index in [1.807, 2.05) is 53.4 Å². The van der Waals surface area contributed by atoms with E-state index in [2.05, 4.69) is 4.90 Å². The van der Waals surface area contributed by atoms with Crippen molar-refractivity contribution in [3.63, 3.8) is 0 Å². The summed E-state index contributed by atoms with van der Waals surface area (Å²) in [6, 6.07) is 15.3. The number of amides is 1. The molecule has 1 saturated heterocycles. The van der Waals surface area contributed by atoms with Crippen molar-refractivity contribution in [3.8, 4) is 17.2 Å². The molecule has 0 unspecified atom stereocenters. The molecule has 6 nitrogen and oxygen atoms in total. The van der Waals surface area contributed by atoms with Crippen LogP contribution in [0.25, 0.3) is 0 Å². The summed E-state index contributed by atoms with van der Waals surface area (Å²) in [6.07, 6.45) is -0.522. The van der Waals surface area contributed by atoms with E-state index < -0.39 is 6.10 Å². The number of nitrogens with zero attached hydrogens (tertiary/aromatic N) is 2. The third-order valence-corrected chi connectivity index (χ3v) is 4.75. The maximum absolute atomic E-state index is 12.7. The van der Waals surface area contributed by atoms with Gasteiger partial charge in [-0.3, -0.25) is 4.79 Å². The molecule has 1 fully saturated rings. The van der Waals surface area contributed by atoms with E-state index >= 15 is 0 Å². The fourth-order valence-corrected chi connectivity index (χ4v) is 3.14. The molecule has 0 bridgehead atoms. The minimum absolute atomic E-state index is 0.0141. The number of benzene rings is 2. The first-order valence-corrected chi connectivity index (χ1v) is 9.09. The molecule has 0 aliphatic carbocycles. The Hall–Kier alpha value is -2.89. The second-order valence-electron chi connectivity index (χ2n) is 6.45. The molecule has 0 spiro atoms. The second kappa shape index (κ2) is 8.66. The molecule has 1 heterocycles. The zero-order chi connectivity index (χ0) is 19.2. The van der Waals surface area contributed by atoms with Gasteiger partial charge in [-0.2, -0.15) is 0 Å². The Morgan fingerprint density at radius 3 is 1.81 bits per heavy atom. The van der Waals surface area contributed by atoms with E-state index in [4.69, 9.17) is 14.2 Å². The van der Waals surface area contributed by atoms with Crippen LogP contribution in [0.2, 0.25) is 0 Å². The molecule has 3 rings (SSSR count). The van der Waals surface area contributed by atoms with Crippen LogP contribution in [0.4, 0.5) is 5.69 Å². The van der Waals surface area contributed by atoms with Crippen molar-refractivity contribution in [2.24, 2.45) is 0 Å². The van der Waals surface area contributed by atoms with Crippen molar-refractivity contribution < 1.29 is 19.0 Å². The highest BCUT2D eigenvalue weighted by Gasteiger charge is 2.26. The van der Waals surface area contributed by atoms with Crippen LogP contribution in [0.1, 0.15) is 6.92 Å². The lowest BCUT2D eigenvalue weighted by atomic mass is 10.2. The molecule has 2 aromatic rings. The summed E-state index contributed by atoms with van der Waals surface area (Å²) < 4.78 is 16.1. The van der Waals surface area contributed by atoms with Crippen molar-refractivity contribution >= 4 is 11.6 Å². The summed E-state index contributed by atoms with van der Waals surface area (Å²) in [4.78, 5) is 16.8. The zero-order valence-corrected chi connectivity index (χ0v) is 16.1. The van der Waals surface area contributed by atoms with Gasteiger partial charge in [-0.1, -0.05) is 0 Å². The van der Waals surface area contributed by atoms with Gasteiger partial charge in [-0.05, 0) is 55.5 Å². The van der Waals surface area contributed by atoms with Crippen LogP contribution < -0.4 is 19.1 Å². The number of anilines is 1. The Bertz CT molecular complexity index is 738. The summed E-state index contributed by atoms with van der Waals surface area (Å²) in [5.74, 6) is 2.28. The molecule has 1 aliphatic rings. The van der Waals surface area contributed by atoms with Crippen LogP contribution in [0, 0.1) is 0 Å². The maximum Gasteiger partial charge on any atom is 0.263 e. The van der Waals surface area contributed by atoms with Gasteiger partial charge in [-0.15, -0.1) is 0 Å². The summed E-state index contributed by atoms with van der Waals surface area (Å²) >= 11 is 0. The van der Waals surface area contributed by atoms with Crippen LogP contribution in [0.3, 0.4) is 0 Å². The van der Waals surface area contributed by atoms with E-state index in [0.717, 1.165) is 30.3 Å². The van der Waals surface area contributed by atoms with Crippen molar-refractivity contribution in [2.75, 3.05) is 45.3 Å². The van der Waals surface area contributed by atoms with Crippen molar-refractivity contribution in [3.05, 3.63) is 48.5 Å². The molecule has 0 saturated carbocycles. The molecular formula is C21H26N2O4. The monoisotopic (exact) mass is 370 g/mol. The highest BCUT2D eigenvalue weighted by Crippen LogP contribution is 2.22. The quantitative estimate of drug-likeness (QED) is 0.783. The maximum atomic E-state index is 12.7. The molecule has 2 aromatic carbocycles. The number of ether oxygens (including phenoxy) is 3. The standard InChI is InChI=1S/C21H26N2O4/c1-16(27-20-10-8-19(26-3)9-11-20)21(24)23-14-12-22(13-15-23)17-4-6-18(25-2)7-5-17/h4-11,16H,12-15H2,1-3H3/t16-/m0/s1. The summed E-state index contributed by atoms with van der Waals surface area (Å²) in [6.45, 7) is 4.76. The molecule has 144 valence electrons. The van der Waals surface area contributed by atoms with E-state index in [1.54, 1.807) is 21.1 Å². The van der Waals surface area contributed by atoms with Gasteiger partial charge in [0.15, 0.2) is 6.10 Å². The van der Waals surface area contributed by atoms with Gasteiger partial charge in [0.2, 0.25) is 0 Å². The molecule has 27 heavy (non-hydrogen) atoms. The fraction of sp³-hybridized carbons (Fsp3) is 0.381. The van der Waals surface area contributed by atoms with E-state index in [-0.39, 0.29) is 5.91 Å². The molecular weight excluding hydrogens is 344 g/mol. The van der Waals surface area contributed by atoms with E-state index in [0.29, 0.717) is 18.8 Å². The van der Waals surface area contributed by atoms with Crippen LogP contribution >= 0.6 is 0 Å². The molecule has 1 amide bonds. The number of methoxy groups -OCH3 is 2. The van der Waals surface area contributed by atoms with Crippen molar-refractivity contribution in [1.29, 1.82) is 0 Å². The van der Waals surface area contributed by atoms with Crippen molar-refractivity contribution in [1.82, 2.24) is 4.90 Å². The molecule has 0 aromatic heterocycles. The van der Waals surface area contributed by atoms with Crippen LogP contribution in [-0.2, 0) is 4.79 Å². The third-order valence-electron chi connectivity index (χ3n) is 4.75. The number of hydrogen-bond donors (Lipinski definition) is 0. The van der Waals surface area contributed by atoms with Gasteiger partial charge < -0.3 is 24.0 Å². The topological polar surface area (TPSA) is 51.2 Å². The lowest BCUT2D eigenvalue weighted by Crippen LogP contribution is -2.52. The SMILES string of the molecule is COc1ccc(O[C@@H](C)C(=O)N2CCN(c3ccc(OC)cc3)CC2)cc1. The first-order valence-electron chi connectivity index (χ1n) is 9.09. The predicted octanol–water partition coefficient (Wildman–Crippen LogP) is 2.82. The summed E-state index contributed by atoms with van der Waals surface area (Å²) in [5, 5.41) is 0. The summed E-state index contributed by atoms with van der Waals surface area (Å²) in [7, 11) is 3.28. The van der Waals surface area contributed by atoms with Gasteiger partial charge in [0.25, 0.3) is 5.91 Å². The molecule has 0 N–H and O–H groups in total. The Morgan fingerprint density at radius 2 is 1.30 bits per heavy atom. The number of rotatable bonds is 6. The largest absolute Gasteiger partial charge is 0.497 e. The predicted molar refractivity (Wildman–Crippen MR) is 105 cm³/mol. The van der Waals surface area contributed by atoms with Crippen LogP contribution in [0.5, 0.6) is 17.2 Å². The highest BCUT2D eigenvalue weighted by atomic mass is 16.5. The Labute approximate surface area is 160 Å². The van der Waals surface area contributed by atoms with E-state index in [9.17, 15) is 4.79 Å². The minimum Gasteiger partial charge on any atom is -0.497 e. The highest BCUT2D eigenvalue weighted by molar-refractivity contribution is 5.81. The smallest absolute Gasteiger partial charge is 0.263 e. The number of piperazine rings is 1. The third kappa shape index (κ3) is 4.64. The first-order chi connectivity index (χ1) is 13.1. The Balaban J connectivity index is 1.52. The van der Waals surface area contributed by atoms with Crippen LogP contribution in [-0.4, -0.2) is 57.3 Å². The van der Waals surface area contributed by atoms with Gasteiger partial charge in [-0.25, -0.2) is 0 Å². The van der Waals surface area contributed by atoms with Gasteiger partial charge >= 0.3 is 0 Å². The lowest BCUT2D eigenvalue weighted by molar-refractivity contribution is -0.138. The van der Waals surface area contributed by atoms with Gasteiger partial charge in [0.1, 0.15) is 17.2 Å². The first kappa shape index (κ1) is 18.9. The lowest BCUT2D eigenvalue weighted by Gasteiger charge is -2.37. The molecule has 6 heteroatoms. The normalized spacial score (nSPS) is 15.2. The molecule has 1 aliphatic heterocycles. The average Bonchev–Trinajstić information content (AvgIpc) is 2.74. The average molecular weight is 370 g/mol. The zero-order valence-electron chi connectivity index (χ0n) is 16.1. The van der Waals surface area contributed by atoms with Crippen LogP contribution in [0.15, 0.2) is 48.5 Å². The summed E-state index contributed by atoms with van der Waals surface area (Å²) in [5.41, 5.74) is 1.14. The molecule has 1 atom stereocenters. The second-order valence-corrected chi connectivity index (χ2v) is 6.45. The Morgan fingerprint density at radius 1 is 0.815 bits per heavy atom. The fourth-order valence-electron chi connectivity index (χ4n) is 3.14. The minimum atomic E-state index is -0.522. The van der Waals surface area contributed by atoms with Gasteiger partial charge in [0.05, 0.1) is 14.2 Å². The van der Waals surface area contributed by atoms with Crippen molar-refractivity contribution in [2.45, 2.75) is 13.0 Å². The Kier molecular flexibility index (Phi) is 6.06. The number of carbonyl (C=O) groups is 1. The molecule has 0 radical (unpaired) electrons. The van der Waals surface area contributed by atoms with Gasteiger partial charge in [0, 0.05) is 31.9 Å².